The van der Waals surface area contributed by atoms with Gasteiger partial charge in [-0.2, -0.15) is 0 Å². The van der Waals surface area contributed by atoms with Crippen molar-refractivity contribution in [3.63, 3.8) is 0 Å². The maximum absolute atomic E-state index is 12.8. The summed E-state index contributed by atoms with van der Waals surface area (Å²) < 4.78 is 75.1. The van der Waals surface area contributed by atoms with Gasteiger partial charge >= 0.3 is 5.97 Å². The van der Waals surface area contributed by atoms with Crippen LogP contribution in [0.15, 0.2) is 0 Å². The molecular formula is C53H88N4O39. The van der Waals surface area contributed by atoms with Gasteiger partial charge in [-0.3, -0.25) is 19.2 Å². The average molecular weight is 1410 g/mol. The Labute approximate surface area is 543 Å². The molecule has 36 atom stereocenters. The molecule has 0 radical (unpaired) electrons. The maximum atomic E-state index is 12.8. The zero-order valence-corrected chi connectivity index (χ0v) is 51.6. The highest BCUT2D eigenvalue weighted by Gasteiger charge is 2.60. The van der Waals surface area contributed by atoms with E-state index in [9.17, 15) is 131 Å². The quantitative estimate of drug-likeness (QED) is 0.0382. The highest BCUT2D eigenvalue weighted by molar-refractivity contribution is 5.77. The van der Waals surface area contributed by atoms with Crippen LogP contribution in [0, 0.1) is 0 Å². The third-order valence-corrected chi connectivity index (χ3v) is 17.1. The molecule has 0 unspecified atom stereocenters. The van der Waals surface area contributed by atoms with Crippen molar-refractivity contribution in [2.45, 2.75) is 254 Å². The van der Waals surface area contributed by atoms with Gasteiger partial charge in [0.15, 0.2) is 37.7 Å². The summed E-state index contributed by atoms with van der Waals surface area (Å²) in [5.41, 5.74) is 0. The van der Waals surface area contributed by atoms with Crippen LogP contribution in [-0.2, 0) is 85.6 Å². The summed E-state index contributed by atoms with van der Waals surface area (Å²) in [5.74, 6) is -8.33. The van der Waals surface area contributed by atoms with Crippen molar-refractivity contribution in [1.82, 2.24) is 21.3 Å². The number of aliphatic hydroxyl groups excluding tert-OH is 20. The van der Waals surface area contributed by atoms with Crippen molar-refractivity contribution >= 4 is 29.6 Å². The lowest BCUT2D eigenvalue weighted by Crippen LogP contribution is -2.70. The number of carbonyl (C=O) groups excluding carboxylic acids is 4. The van der Waals surface area contributed by atoms with E-state index in [1.807, 2.05) is 0 Å². The average Bonchev–Trinajstić information content (AvgIpc) is 0.761. The van der Waals surface area contributed by atoms with E-state index in [0.717, 1.165) is 27.7 Å². The molecule has 0 spiro atoms. The monoisotopic (exact) mass is 1400 g/mol. The van der Waals surface area contributed by atoms with Crippen LogP contribution < -0.4 is 21.3 Å². The van der Waals surface area contributed by atoms with Gasteiger partial charge in [-0.15, -0.1) is 0 Å². The predicted molar refractivity (Wildman–Crippen MR) is 295 cm³/mol. The lowest BCUT2D eigenvalue weighted by molar-refractivity contribution is -0.381. The number of hydrogen-bond donors (Lipinski definition) is 25. The minimum atomic E-state index is -3.02. The van der Waals surface area contributed by atoms with Crippen LogP contribution >= 0.6 is 0 Å². The third-order valence-electron chi connectivity index (χ3n) is 17.1. The molecule has 0 aromatic rings. The molecule has 25 N–H and O–H groups in total. The van der Waals surface area contributed by atoms with Gasteiger partial charge < -0.3 is 190 Å². The fraction of sp³-hybridized carbons (Fsp3) is 0.906. The first kappa shape index (κ1) is 79.4. The van der Waals surface area contributed by atoms with E-state index in [2.05, 4.69) is 21.3 Å². The molecule has 7 fully saturated rings. The van der Waals surface area contributed by atoms with Gasteiger partial charge in [0.25, 0.3) is 5.79 Å². The Balaban J connectivity index is 1.06. The van der Waals surface area contributed by atoms with Crippen LogP contribution in [0.4, 0.5) is 0 Å². The summed E-state index contributed by atoms with van der Waals surface area (Å²) in [6.45, 7) is -3.42. The normalized spacial score (nSPS) is 46.0. The summed E-state index contributed by atoms with van der Waals surface area (Å²) in [6, 6.07) is -6.82. The van der Waals surface area contributed by atoms with Gasteiger partial charge in [0.1, 0.15) is 165 Å². The number of rotatable bonds is 26. The van der Waals surface area contributed by atoms with E-state index >= 15 is 0 Å². The standard InChI is InChI=1S/C53H88N4O39/c1-13(63)54-25-17(67)5-53(52(82)83,96-44(25)29(69)18(68)6-58)85-12-24-32(72)37(77)40(80)50(91-24)94-43-22(10-62)89-48(28(35(43)75)57-16(4)66)95-45-38(78)30(70)19(7-59)87-51(45)84-11-23-31(71)36(76)39(79)49(90-23)93-42-21(9-61)88-47(27(34(42)74)56-15(3)65)92-41-20(8-60)86-46(81)26(33(41)73)55-14(2)64/h17-51,58-62,67-81H,5-12H2,1-4H3,(H,54,63)(H,55,64)(H,56,65)(H,57,66)(H,82,83)/t17-,18+,19+,20+,21+,22+,23+,24+,25+,26+,27+,28+,29+,30+,31+,32-,33+,34+,35+,36-,37-,38-,39-,40+,41+,42+,43+,44+,45-,46+,47-,48-,49-,50-,51+,53+/m0/s1. The Kier molecular flexibility index (Phi) is 28.2. The number of hydrogen-bond acceptors (Lipinski definition) is 38. The SMILES string of the molecule is CC(=O)N[C@@H]1[C@@H](O)[C@H](O[C@@H]2O[C@H](CO)[C@@H](O[C@@H]3O[C@H](CO[C@@H]4O[C@H](CO)[C@@H](O)[C@H](O)[C@@H]4O[C@@H]4O[C@H](CO)[C@@H](O[C@@H]5O[C@H](CO[C@]6(C(=O)O)C[C@H](O)[C@@H](NC(C)=O)[C@H]([C@H](O)[C@H](O)CO)O6)[C@H](O)[C@H](O)[C@H]5O)[C@H](O)[C@H]4NC(C)=O)[C@@H](O)[C@H](O)[C@@H]3O)[C@H](O)[C@H]2NC(C)=O)[C@@H](CO)O[C@H]1O. The van der Waals surface area contributed by atoms with Crippen molar-refractivity contribution in [2.75, 3.05) is 46.2 Å². The van der Waals surface area contributed by atoms with Crippen molar-refractivity contribution in [1.29, 1.82) is 0 Å². The van der Waals surface area contributed by atoms with Crippen LogP contribution in [0.2, 0.25) is 0 Å². The van der Waals surface area contributed by atoms with Gasteiger partial charge in [-0.1, -0.05) is 0 Å². The number of aliphatic hydroxyl groups is 20. The van der Waals surface area contributed by atoms with Gasteiger partial charge in [-0.05, 0) is 0 Å². The van der Waals surface area contributed by atoms with Crippen molar-refractivity contribution < 1.29 is 193 Å². The number of carbonyl (C=O) groups is 5. The zero-order valence-electron chi connectivity index (χ0n) is 51.6. The minimum absolute atomic E-state index is 0.728. The van der Waals surface area contributed by atoms with Crippen LogP contribution in [0.25, 0.3) is 0 Å². The molecule has 7 heterocycles. The van der Waals surface area contributed by atoms with Crippen molar-refractivity contribution in [3.05, 3.63) is 0 Å². The first-order chi connectivity index (χ1) is 45.2. The first-order valence-corrected chi connectivity index (χ1v) is 30.2. The Hall–Kier alpha value is -3.97. The Morgan fingerprint density at radius 1 is 0.427 bits per heavy atom. The molecule has 0 saturated carbocycles. The maximum Gasteiger partial charge on any atom is 0.364 e. The van der Waals surface area contributed by atoms with Crippen LogP contribution in [0.5, 0.6) is 0 Å². The molecule has 7 rings (SSSR count). The second-order valence-corrected chi connectivity index (χ2v) is 24.0. The molecule has 7 aliphatic rings. The molecular weight excluding hydrogens is 1320 g/mol. The van der Waals surface area contributed by atoms with E-state index in [4.69, 9.17) is 61.6 Å². The van der Waals surface area contributed by atoms with Crippen LogP contribution in [0.1, 0.15) is 34.1 Å². The molecule has 0 bridgehead atoms. The largest absolute Gasteiger partial charge is 0.477 e. The topological polar surface area (TPSA) is 678 Å². The van der Waals surface area contributed by atoms with E-state index in [-0.39, 0.29) is 0 Å². The lowest BCUT2D eigenvalue weighted by Gasteiger charge is -2.50. The second kappa shape index (κ2) is 34.1. The van der Waals surface area contributed by atoms with Gasteiger partial charge in [0, 0.05) is 34.1 Å². The number of nitrogens with one attached hydrogen (secondary N) is 4. The number of amides is 4. The first-order valence-electron chi connectivity index (χ1n) is 30.2. The number of carboxylic acids is 1. The molecule has 554 valence electrons. The molecule has 0 aliphatic carbocycles. The fourth-order valence-corrected chi connectivity index (χ4v) is 12.1. The Bertz CT molecular complexity index is 2540. The lowest BCUT2D eigenvalue weighted by atomic mass is 9.88. The fourth-order valence-electron chi connectivity index (χ4n) is 12.1. The molecule has 96 heavy (non-hydrogen) atoms. The smallest absolute Gasteiger partial charge is 0.364 e. The van der Waals surface area contributed by atoms with Crippen molar-refractivity contribution in [2.24, 2.45) is 0 Å². The highest BCUT2D eigenvalue weighted by atomic mass is 16.8. The van der Waals surface area contributed by atoms with Crippen LogP contribution in [0.3, 0.4) is 0 Å². The van der Waals surface area contributed by atoms with Crippen LogP contribution in [-0.4, -0.2) is 403 Å². The van der Waals surface area contributed by atoms with E-state index in [0.29, 0.717) is 0 Å². The van der Waals surface area contributed by atoms with E-state index < -0.39 is 303 Å². The molecule has 7 saturated heterocycles. The molecule has 43 heteroatoms. The van der Waals surface area contributed by atoms with E-state index in [1.165, 1.54) is 0 Å². The molecule has 7 aliphatic heterocycles. The Morgan fingerprint density at radius 2 is 0.802 bits per heavy atom. The summed E-state index contributed by atoms with van der Waals surface area (Å²) in [5, 5.41) is 238. The molecule has 0 aromatic carbocycles. The molecule has 0 aromatic heterocycles. The van der Waals surface area contributed by atoms with Gasteiger partial charge in [0.2, 0.25) is 23.6 Å². The van der Waals surface area contributed by atoms with Gasteiger partial charge in [0.05, 0.1) is 58.4 Å². The number of aliphatic carboxylic acids is 1. The highest BCUT2D eigenvalue weighted by Crippen LogP contribution is 2.39. The molecule has 43 nitrogen and oxygen atoms in total. The summed E-state index contributed by atoms with van der Waals surface area (Å²) in [4.78, 5) is 62.1. The van der Waals surface area contributed by atoms with E-state index in [1.54, 1.807) is 0 Å². The second-order valence-electron chi connectivity index (χ2n) is 24.0. The molecule has 4 amide bonds. The summed E-state index contributed by atoms with van der Waals surface area (Å²) in [6.07, 6.45) is -63.5. The third kappa shape index (κ3) is 17.7. The van der Waals surface area contributed by atoms with Crippen molar-refractivity contribution in [3.8, 4) is 0 Å². The summed E-state index contributed by atoms with van der Waals surface area (Å²) in [7, 11) is 0. The zero-order chi connectivity index (χ0) is 71.3. The van der Waals surface area contributed by atoms with Gasteiger partial charge in [-0.25, -0.2) is 4.79 Å². The predicted octanol–water partition coefficient (Wildman–Crippen LogP) is -16.5. The number of carboxylic acid groups (broad SMARTS) is 1. The number of ether oxygens (including phenoxy) is 13. The Morgan fingerprint density at radius 3 is 1.24 bits per heavy atom. The summed E-state index contributed by atoms with van der Waals surface area (Å²) >= 11 is 0. The minimum Gasteiger partial charge on any atom is -0.477 e.